The normalized spacial score (nSPS) is 21.1. The van der Waals surface area contributed by atoms with Crippen LogP contribution < -0.4 is 10.6 Å². The second-order valence-corrected chi connectivity index (χ2v) is 5.41. The molecular formula is C15H20N2O3. The molecule has 1 fully saturated rings. The van der Waals surface area contributed by atoms with E-state index in [9.17, 15) is 14.7 Å². The van der Waals surface area contributed by atoms with Gasteiger partial charge in [0.15, 0.2) is 5.54 Å². The van der Waals surface area contributed by atoms with Crippen molar-refractivity contribution in [1.29, 1.82) is 0 Å². The summed E-state index contributed by atoms with van der Waals surface area (Å²) in [6.07, 6.45) is 1.32. The molecule has 2 atom stereocenters. The summed E-state index contributed by atoms with van der Waals surface area (Å²) in [5.41, 5.74) is -0.810. The van der Waals surface area contributed by atoms with E-state index in [1.54, 1.807) is 24.3 Å². The minimum atomic E-state index is -1.38. The lowest BCUT2D eigenvalue weighted by atomic mass is 9.91. The Morgan fingerprint density at radius 1 is 1.40 bits per heavy atom. The van der Waals surface area contributed by atoms with E-state index >= 15 is 0 Å². The zero-order valence-corrected chi connectivity index (χ0v) is 11.6. The van der Waals surface area contributed by atoms with Crippen LogP contribution in [0.3, 0.4) is 0 Å². The molecule has 20 heavy (non-hydrogen) atoms. The first-order valence-electron chi connectivity index (χ1n) is 6.83. The lowest BCUT2D eigenvalue weighted by Gasteiger charge is -2.27. The highest BCUT2D eigenvalue weighted by Gasteiger charge is 2.37. The van der Waals surface area contributed by atoms with E-state index in [1.807, 2.05) is 6.07 Å². The molecule has 2 unspecified atom stereocenters. The molecule has 1 heterocycles. The van der Waals surface area contributed by atoms with E-state index < -0.39 is 11.5 Å². The molecule has 1 aliphatic rings. The number of carbonyl (C=O) groups is 2. The quantitative estimate of drug-likeness (QED) is 0.752. The van der Waals surface area contributed by atoms with Gasteiger partial charge in [-0.15, -0.1) is 0 Å². The SMILES string of the molecule is CC(NC(=O)CC1CCNC1)(C(=O)O)c1ccccc1. The Balaban J connectivity index is 2.09. The maximum Gasteiger partial charge on any atom is 0.333 e. The Kier molecular flexibility index (Phi) is 4.39. The average molecular weight is 276 g/mol. The van der Waals surface area contributed by atoms with E-state index in [1.165, 1.54) is 6.92 Å². The van der Waals surface area contributed by atoms with Crippen molar-refractivity contribution in [2.75, 3.05) is 13.1 Å². The van der Waals surface area contributed by atoms with Gasteiger partial charge in [-0.1, -0.05) is 30.3 Å². The van der Waals surface area contributed by atoms with Crippen LogP contribution >= 0.6 is 0 Å². The van der Waals surface area contributed by atoms with Gasteiger partial charge in [-0.05, 0) is 37.9 Å². The molecule has 0 aliphatic carbocycles. The van der Waals surface area contributed by atoms with Gasteiger partial charge in [0.2, 0.25) is 5.91 Å². The summed E-state index contributed by atoms with van der Waals surface area (Å²) < 4.78 is 0. The van der Waals surface area contributed by atoms with Crippen LogP contribution in [-0.4, -0.2) is 30.1 Å². The maximum atomic E-state index is 12.1. The van der Waals surface area contributed by atoms with Crippen molar-refractivity contribution in [2.45, 2.75) is 25.3 Å². The van der Waals surface area contributed by atoms with E-state index in [2.05, 4.69) is 10.6 Å². The van der Waals surface area contributed by atoms with Crippen LogP contribution in [-0.2, 0) is 15.1 Å². The maximum absolute atomic E-state index is 12.1. The van der Waals surface area contributed by atoms with E-state index in [0.717, 1.165) is 19.5 Å². The summed E-state index contributed by atoms with van der Waals surface area (Å²) >= 11 is 0. The predicted octanol–water partition coefficient (Wildman–Crippen LogP) is 1.10. The summed E-state index contributed by atoms with van der Waals surface area (Å²) in [5.74, 6) is -0.974. The summed E-state index contributed by atoms with van der Waals surface area (Å²) in [5, 5.41) is 15.3. The van der Waals surface area contributed by atoms with Crippen molar-refractivity contribution in [3.63, 3.8) is 0 Å². The van der Waals surface area contributed by atoms with E-state index in [4.69, 9.17) is 0 Å². The number of amides is 1. The number of carboxylic acids is 1. The molecule has 1 amide bonds. The standard InChI is InChI=1S/C15H20N2O3/c1-15(14(19)20,12-5-3-2-4-6-12)17-13(18)9-11-7-8-16-10-11/h2-6,11,16H,7-10H2,1H3,(H,17,18)(H,19,20). The first kappa shape index (κ1) is 14.5. The van der Waals surface area contributed by atoms with Crippen LogP contribution in [0.25, 0.3) is 0 Å². The molecule has 3 N–H and O–H groups in total. The first-order valence-corrected chi connectivity index (χ1v) is 6.83. The monoisotopic (exact) mass is 276 g/mol. The minimum Gasteiger partial charge on any atom is -0.479 e. The Morgan fingerprint density at radius 2 is 2.10 bits per heavy atom. The van der Waals surface area contributed by atoms with Crippen molar-refractivity contribution < 1.29 is 14.7 Å². The van der Waals surface area contributed by atoms with Crippen LogP contribution in [0.5, 0.6) is 0 Å². The third-order valence-electron chi connectivity index (χ3n) is 3.80. The molecule has 5 heteroatoms. The molecule has 1 aromatic rings. The molecule has 5 nitrogen and oxygen atoms in total. The molecule has 1 aliphatic heterocycles. The molecule has 2 rings (SSSR count). The zero-order chi connectivity index (χ0) is 14.6. The fraction of sp³-hybridized carbons (Fsp3) is 0.467. The van der Waals surface area contributed by atoms with Crippen LogP contribution in [0.15, 0.2) is 30.3 Å². The van der Waals surface area contributed by atoms with E-state index in [0.29, 0.717) is 17.9 Å². The number of benzene rings is 1. The molecular weight excluding hydrogens is 256 g/mol. The molecule has 0 aromatic heterocycles. The zero-order valence-electron chi connectivity index (χ0n) is 11.6. The number of carboxylic acid groups (broad SMARTS) is 1. The molecule has 1 aromatic carbocycles. The van der Waals surface area contributed by atoms with Gasteiger partial charge in [0.05, 0.1) is 0 Å². The highest BCUT2D eigenvalue weighted by molar-refractivity contribution is 5.87. The lowest BCUT2D eigenvalue weighted by Crippen LogP contribution is -2.50. The molecule has 0 bridgehead atoms. The van der Waals surface area contributed by atoms with Gasteiger partial charge in [0.25, 0.3) is 0 Å². The fourth-order valence-corrected chi connectivity index (χ4v) is 2.50. The Bertz CT molecular complexity index is 483. The fourth-order valence-electron chi connectivity index (χ4n) is 2.50. The highest BCUT2D eigenvalue weighted by Crippen LogP contribution is 2.22. The predicted molar refractivity (Wildman–Crippen MR) is 75.2 cm³/mol. The average Bonchev–Trinajstić information content (AvgIpc) is 2.92. The second-order valence-electron chi connectivity index (χ2n) is 5.41. The number of hydrogen-bond donors (Lipinski definition) is 3. The van der Waals surface area contributed by atoms with Crippen LogP contribution in [0, 0.1) is 5.92 Å². The van der Waals surface area contributed by atoms with Crippen molar-refractivity contribution in [1.82, 2.24) is 10.6 Å². The van der Waals surface area contributed by atoms with Crippen molar-refractivity contribution in [2.24, 2.45) is 5.92 Å². The molecule has 0 spiro atoms. The Morgan fingerprint density at radius 3 is 2.65 bits per heavy atom. The third kappa shape index (κ3) is 3.17. The molecule has 108 valence electrons. The van der Waals surface area contributed by atoms with Gasteiger partial charge in [-0.25, -0.2) is 4.79 Å². The smallest absolute Gasteiger partial charge is 0.333 e. The first-order chi connectivity index (χ1) is 9.52. The Hall–Kier alpha value is -1.88. The molecule has 0 saturated carbocycles. The number of rotatable bonds is 5. The van der Waals surface area contributed by atoms with Gasteiger partial charge >= 0.3 is 5.97 Å². The lowest BCUT2D eigenvalue weighted by molar-refractivity contribution is -0.147. The summed E-state index contributed by atoms with van der Waals surface area (Å²) in [6, 6.07) is 8.78. The number of nitrogens with one attached hydrogen (secondary N) is 2. The summed E-state index contributed by atoms with van der Waals surface area (Å²) in [6.45, 7) is 3.27. The molecule has 0 radical (unpaired) electrons. The van der Waals surface area contributed by atoms with E-state index in [-0.39, 0.29) is 5.91 Å². The highest BCUT2D eigenvalue weighted by atomic mass is 16.4. The minimum absolute atomic E-state index is 0.215. The van der Waals surface area contributed by atoms with Gasteiger partial charge in [-0.2, -0.15) is 0 Å². The largest absolute Gasteiger partial charge is 0.479 e. The van der Waals surface area contributed by atoms with Crippen LogP contribution in [0.4, 0.5) is 0 Å². The summed E-state index contributed by atoms with van der Waals surface area (Å²) in [7, 11) is 0. The Labute approximate surface area is 118 Å². The molecule has 1 saturated heterocycles. The van der Waals surface area contributed by atoms with Gasteiger partial charge in [-0.3, -0.25) is 4.79 Å². The summed E-state index contributed by atoms with van der Waals surface area (Å²) in [4.78, 5) is 23.7. The van der Waals surface area contributed by atoms with Crippen molar-refractivity contribution in [3.05, 3.63) is 35.9 Å². The van der Waals surface area contributed by atoms with Crippen molar-refractivity contribution in [3.8, 4) is 0 Å². The second kappa shape index (κ2) is 6.05. The van der Waals surface area contributed by atoms with Crippen molar-refractivity contribution >= 4 is 11.9 Å². The number of hydrogen-bond acceptors (Lipinski definition) is 3. The van der Waals surface area contributed by atoms with Gasteiger partial charge in [0.1, 0.15) is 0 Å². The van der Waals surface area contributed by atoms with Crippen LogP contribution in [0.1, 0.15) is 25.3 Å². The topological polar surface area (TPSA) is 78.4 Å². The van der Waals surface area contributed by atoms with Crippen LogP contribution in [0.2, 0.25) is 0 Å². The number of aliphatic carboxylic acids is 1. The number of carbonyl (C=O) groups excluding carboxylic acids is 1. The van der Waals surface area contributed by atoms with Gasteiger partial charge < -0.3 is 15.7 Å². The third-order valence-corrected chi connectivity index (χ3v) is 3.80. The van der Waals surface area contributed by atoms with Gasteiger partial charge in [0, 0.05) is 6.42 Å².